The predicted octanol–water partition coefficient (Wildman–Crippen LogP) is 1.18. The lowest BCUT2D eigenvalue weighted by atomic mass is 10.5. The molecule has 4 nitrogen and oxygen atoms in total. The standard InChI is InChI=1S/C7H12F5NO3S/c1-2-3-13(4-5-14)17(15,16)7(11,12)6(8,9)10/h14H,2-5H2,1H3. The van der Waals surface area contributed by atoms with Gasteiger partial charge in [0, 0.05) is 13.1 Å². The molecule has 0 amide bonds. The molecule has 0 atom stereocenters. The van der Waals surface area contributed by atoms with Crippen molar-refractivity contribution in [1.29, 1.82) is 0 Å². The van der Waals surface area contributed by atoms with E-state index < -0.39 is 41.2 Å². The van der Waals surface area contributed by atoms with Crippen LogP contribution in [0.4, 0.5) is 22.0 Å². The molecule has 0 radical (unpaired) electrons. The Morgan fingerprint density at radius 3 is 1.88 bits per heavy atom. The van der Waals surface area contributed by atoms with Gasteiger partial charge in [-0.05, 0) is 6.42 Å². The fraction of sp³-hybridized carbons (Fsp3) is 1.00. The van der Waals surface area contributed by atoms with Crippen molar-refractivity contribution in [2.24, 2.45) is 0 Å². The first-order valence-corrected chi connectivity index (χ1v) is 6.01. The first kappa shape index (κ1) is 16.5. The van der Waals surface area contributed by atoms with Crippen molar-refractivity contribution in [3.8, 4) is 0 Å². The summed E-state index contributed by atoms with van der Waals surface area (Å²) in [5.74, 6) is 0. The monoisotopic (exact) mass is 285 g/mol. The van der Waals surface area contributed by atoms with Crippen LogP contribution in [0.2, 0.25) is 0 Å². The highest BCUT2D eigenvalue weighted by molar-refractivity contribution is 7.90. The lowest BCUT2D eigenvalue weighted by molar-refractivity contribution is -0.242. The van der Waals surface area contributed by atoms with Gasteiger partial charge >= 0.3 is 11.4 Å². The highest BCUT2D eigenvalue weighted by atomic mass is 32.2. The number of sulfonamides is 1. The maximum atomic E-state index is 12.8. The quantitative estimate of drug-likeness (QED) is 0.745. The smallest absolute Gasteiger partial charge is 0.395 e. The Morgan fingerprint density at radius 1 is 1.12 bits per heavy atom. The molecule has 1 N–H and O–H groups in total. The number of nitrogens with zero attached hydrogens (tertiary/aromatic N) is 1. The Hall–Kier alpha value is -0.480. The molecule has 0 aliphatic carbocycles. The lowest BCUT2D eigenvalue weighted by Crippen LogP contribution is -2.52. The predicted molar refractivity (Wildman–Crippen MR) is 48.9 cm³/mol. The molecule has 0 aromatic carbocycles. The third-order valence-electron chi connectivity index (χ3n) is 1.82. The molecule has 10 heteroatoms. The van der Waals surface area contributed by atoms with E-state index in [2.05, 4.69) is 0 Å². The van der Waals surface area contributed by atoms with E-state index in [1.165, 1.54) is 6.92 Å². The Balaban J connectivity index is 5.35. The molecular weight excluding hydrogens is 273 g/mol. The molecule has 17 heavy (non-hydrogen) atoms. The summed E-state index contributed by atoms with van der Waals surface area (Å²) in [6.07, 6.45) is -6.14. The fourth-order valence-electron chi connectivity index (χ4n) is 1.02. The summed E-state index contributed by atoms with van der Waals surface area (Å²) in [5, 5.41) is 2.61. The topological polar surface area (TPSA) is 57.6 Å². The van der Waals surface area contributed by atoms with Crippen LogP contribution in [-0.2, 0) is 10.0 Å². The van der Waals surface area contributed by atoms with Crippen molar-refractivity contribution >= 4 is 10.0 Å². The van der Waals surface area contributed by atoms with Gasteiger partial charge in [0.2, 0.25) is 0 Å². The average Bonchev–Trinajstić information content (AvgIpc) is 2.15. The summed E-state index contributed by atoms with van der Waals surface area (Å²) in [7, 11) is -5.87. The minimum Gasteiger partial charge on any atom is -0.395 e. The van der Waals surface area contributed by atoms with Gasteiger partial charge < -0.3 is 5.11 Å². The number of rotatable bonds is 6. The Labute approximate surface area is 95.1 Å². The first-order chi connectivity index (χ1) is 7.52. The van der Waals surface area contributed by atoms with Crippen molar-refractivity contribution < 1.29 is 35.5 Å². The highest BCUT2D eigenvalue weighted by Crippen LogP contribution is 2.41. The van der Waals surface area contributed by atoms with Crippen molar-refractivity contribution in [3.05, 3.63) is 0 Å². The van der Waals surface area contributed by atoms with Gasteiger partial charge in [0.25, 0.3) is 10.0 Å². The van der Waals surface area contributed by atoms with Gasteiger partial charge in [-0.15, -0.1) is 0 Å². The van der Waals surface area contributed by atoms with E-state index in [1.54, 1.807) is 0 Å². The van der Waals surface area contributed by atoms with E-state index in [4.69, 9.17) is 5.11 Å². The first-order valence-electron chi connectivity index (χ1n) is 4.57. The number of aliphatic hydroxyl groups excluding tert-OH is 1. The summed E-state index contributed by atoms with van der Waals surface area (Å²) >= 11 is 0. The van der Waals surface area contributed by atoms with E-state index in [9.17, 15) is 30.4 Å². The number of aliphatic hydroxyl groups is 1. The molecule has 0 rings (SSSR count). The highest BCUT2D eigenvalue weighted by Gasteiger charge is 2.68. The van der Waals surface area contributed by atoms with Gasteiger partial charge in [-0.3, -0.25) is 0 Å². The van der Waals surface area contributed by atoms with Crippen molar-refractivity contribution in [2.75, 3.05) is 19.7 Å². The van der Waals surface area contributed by atoms with Gasteiger partial charge in [-0.1, -0.05) is 6.92 Å². The molecule has 0 aliphatic rings. The van der Waals surface area contributed by atoms with E-state index >= 15 is 0 Å². The van der Waals surface area contributed by atoms with E-state index in [0.717, 1.165) is 0 Å². The molecule has 0 aromatic rings. The lowest BCUT2D eigenvalue weighted by Gasteiger charge is -2.27. The van der Waals surface area contributed by atoms with E-state index in [1.807, 2.05) is 0 Å². The molecule has 0 fully saturated rings. The molecule has 0 unspecified atom stereocenters. The molecule has 0 heterocycles. The average molecular weight is 285 g/mol. The number of hydrogen-bond donors (Lipinski definition) is 1. The molecule has 0 bridgehead atoms. The molecule has 0 saturated carbocycles. The molecule has 0 aromatic heterocycles. The molecule has 104 valence electrons. The van der Waals surface area contributed by atoms with Gasteiger partial charge in [0.1, 0.15) is 0 Å². The van der Waals surface area contributed by atoms with Crippen LogP contribution in [0.5, 0.6) is 0 Å². The van der Waals surface area contributed by atoms with Gasteiger partial charge in [-0.2, -0.15) is 26.3 Å². The second-order valence-corrected chi connectivity index (χ2v) is 5.12. The summed E-state index contributed by atoms with van der Waals surface area (Å²) in [6, 6.07) is 0. The van der Waals surface area contributed by atoms with Crippen LogP contribution in [0.3, 0.4) is 0 Å². The van der Waals surface area contributed by atoms with Crippen LogP contribution >= 0.6 is 0 Å². The minimum atomic E-state index is -6.19. The van der Waals surface area contributed by atoms with Crippen LogP contribution in [0, 0.1) is 0 Å². The molecule has 0 spiro atoms. The zero-order chi connectivity index (χ0) is 13.9. The van der Waals surface area contributed by atoms with Gasteiger partial charge in [0.15, 0.2) is 0 Å². The normalized spacial score (nSPS) is 14.4. The van der Waals surface area contributed by atoms with E-state index in [-0.39, 0.29) is 10.7 Å². The van der Waals surface area contributed by atoms with Crippen molar-refractivity contribution in [3.63, 3.8) is 0 Å². The number of halogens is 5. The molecular formula is C7H12F5NO3S. The van der Waals surface area contributed by atoms with Crippen LogP contribution in [-0.4, -0.2) is 49.0 Å². The minimum absolute atomic E-state index is 0.0488. The van der Waals surface area contributed by atoms with E-state index in [0.29, 0.717) is 0 Å². The largest absolute Gasteiger partial charge is 0.470 e. The van der Waals surface area contributed by atoms with Gasteiger partial charge in [-0.25, -0.2) is 8.42 Å². The zero-order valence-electron chi connectivity index (χ0n) is 8.84. The Morgan fingerprint density at radius 2 is 1.59 bits per heavy atom. The van der Waals surface area contributed by atoms with Crippen LogP contribution in [0.1, 0.15) is 13.3 Å². The fourth-order valence-corrected chi connectivity index (χ4v) is 2.38. The second-order valence-electron chi connectivity index (χ2n) is 3.14. The van der Waals surface area contributed by atoms with Crippen molar-refractivity contribution in [1.82, 2.24) is 4.31 Å². The molecule has 0 saturated heterocycles. The van der Waals surface area contributed by atoms with Crippen LogP contribution in [0.25, 0.3) is 0 Å². The number of hydrogen-bond acceptors (Lipinski definition) is 3. The number of alkyl halides is 5. The van der Waals surface area contributed by atoms with Crippen LogP contribution < -0.4 is 0 Å². The molecule has 0 aliphatic heterocycles. The van der Waals surface area contributed by atoms with Crippen molar-refractivity contribution in [2.45, 2.75) is 24.8 Å². The van der Waals surface area contributed by atoms with Gasteiger partial charge in [0.05, 0.1) is 6.61 Å². The third-order valence-corrected chi connectivity index (χ3v) is 3.74. The summed E-state index contributed by atoms with van der Waals surface area (Å²) in [4.78, 5) is 0. The Bertz CT molecular complexity index is 334. The summed E-state index contributed by atoms with van der Waals surface area (Å²) < 4.78 is 83.6. The summed E-state index contributed by atoms with van der Waals surface area (Å²) in [6.45, 7) is -0.755. The SMILES string of the molecule is CCCN(CCO)S(=O)(=O)C(F)(F)C(F)(F)F. The van der Waals surface area contributed by atoms with Crippen LogP contribution in [0.15, 0.2) is 0 Å². The zero-order valence-corrected chi connectivity index (χ0v) is 9.65. The summed E-state index contributed by atoms with van der Waals surface area (Å²) in [5.41, 5.74) is 0. The maximum Gasteiger partial charge on any atom is 0.470 e. The Kier molecular flexibility index (Phi) is 5.29. The second kappa shape index (κ2) is 5.44. The maximum absolute atomic E-state index is 12.8. The third kappa shape index (κ3) is 3.26.